The van der Waals surface area contributed by atoms with Gasteiger partial charge < -0.3 is 24.3 Å². The Bertz CT molecular complexity index is 1750. The first-order chi connectivity index (χ1) is 19.7. The summed E-state index contributed by atoms with van der Waals surface area (Å²) in [5.74, 6) is -1.00. The summed E-state index contributed by atoms with van der Waals surface area (Å²) in [5, 5.41) is 19.0. The van der Waals surface area contributed by atoms with Crippen molar-refractivity contribution in [2.24, 2.45) is 0 Å². The van der Waals surface area contributed by atoms with Gasteiger partial charge in [-0.2, -0.15) is 9.98 Å². The third-order valence-corrected chi connectivity index (χ3v) is 8.73. The zero-order valence-electron chi connectivity index (χ0n) is 22.3. The molecule has 0 aliphatic carbocycles. The molecule has 5 rings (SSSR count). The van der Waals surface area contributed by atoms with Gasteiger partial charge in [0.2, 0.25) is 15.9 Å². The molecule has 0 fully saturated rings. The Kier molecular flexibility index (Phi) is 7.83. The van der Waals surface area contributed by atoms with Gasteiger partial charge in [-0.05, 0) is 73.4 Å². The highest BCUT2D eigenvalue weighted by Gasteiger charge is 2.32. The molecule has 0 saturated heterocycles. The van der Waals surface area contributed by atoms with E-state index in [9.17, 15) is 23.3 Å². The lowest BCUT2D eigenvalue weighted by Gasteiger charge is -2.32. The topological polar surface area (TPSA) is 158 Å². The molecule has 2 unspecified atom stereocenters. The number of carboxylic acid groups (broad SMARTS) is 1. The van der Waals surface area contributed by atoms with Crippen LogP contribution in [-0.4, -0.2) is 58.5 Å². The number of carbonyl (C=O) groups excluding carboxylic acids is 1. The molecule has 0 radical (unpaired) electrons. The fourth-order valence-corrected chi connectivity index (χ4v) is 6.46. The molecule has 12 heteroatoms. The second-order valence-electron chi connectivity index (χ2n) is 9.89. The van der Waals surface area contributed by atoms with Gasteiger partial charge in [0.25, 0.3) is 0 Å². The predicted octanol–water partition coefficient (Wildman–Crippen LogP) is 3.02. The van der Waals surface area contributed by atoms with E-state index < -0.39 is 28.1 Å². The van der Waals surface area contributed by atoms with E-state index in [1.54, 1.807) is 70.4 Å². The number of nitrogens with one attached hydrogen (secondary N) is 2. The highest BCUT2D eigenvalue weighted by molar-refractivity contribution is 7.89. The minimum absolute atomic E-state index is 0.0693. The number of rotatable bonds is 10. The van der Waals surface area contributed by atoms with Gasteiger partial charge in [-0.15, -0.1) is 0 Å². The Hall–Kier alpha value is -4.60. The lowest BCUT2D eigenvalue weighted by Crippen LogP contribution is -2.50. The maximum absolute atomic E-state index is 13.9. The molecule has 2 aromatic heterocycles. The number of sulfonamides is 1. The highest BCUT2D eigenvalue weighted by Crippen LogP contribution is 2.26. The minimum Gasteiger partial charge on any atom is -0.479 e. The molecule has 4 aromatic rings. The number of nitrogens with zero attached hydrogens (tertiary/aromatic N) is 3. The van der Waals surface area contributed by atoms with E-state index in [0.29, 0.717) is 35.3 Å². The molecule has 2 aromatic carbocycles. The van der Waals surface area contributed by atoms with E-state index in [-0.39, 0.29) is 30.3 Å². The van der Waals surface area contributed by atoms with Crippen molar-refractivity contribution in [3.05, 3.63) is 83.8 Å². The summed E-state index contributed by atoms with van der Waals surface area (Å²) in [6.07, 6.45) is 3.01. The number of fused-ring (bicyclic) bond motifs is 2. The molecule has 0 spiro atoms. The number of ether oxygens (including phenoxy) is 1. The smallest absolute Gasteiger partial charge is 0.344 e. The number of aliphatic carboxylic acids is 1. The number of aromatic amines is 1. The molecule has 11 nitrogen and oxygen atoms in total. The number of H-pyrrole nitrogens is 1. The van der Waals surface area contributed by atoms with Gasteiger partial charge in [0.15, 0.2) is 6.10 Å². The normalized spacial score (nSPS) is 14.7. The van der Waals surface area contributed by atoms with Crippen molar-refractivity contribution < 1.29 is 27.9 Å². The van der Waals surface area contributed by atoms with Crippen molar-refractivity contribution in [1.29, 1.82) is 5.26 Å². The van der Waals surface area contributed by atoms with Crippen molar-refractivity contribution in [3.8, 4) is 11.8 Å². The van der Waals surface area contributed by atoms with E-state index >= 15 is 0 Å². The van der Waals surface area contributed by atoms with Gasteiger partial charge in [0.05, 0.1) is 4.90 Å². The molecule has 3 heterocycles. The van der Waals surface area contributed by atoms with Crippen LogP contribution in [0, 0.1) is 11.3 Å². The van der Waals surface area contributed by atoms with Crippen LogP contribution in [0.2, 0.25) is 0 Å². The van der Waals surface area contributed by atoms with Crippen LogP contribution in [-0.2, 0) is 39.1 Å². The van der Waals surface area contributed by atoms with Gasteiger partial charge in [-0.3, -0.25) is 4.79 Å². The third kappa shape index (κ3) is 5.96. The molecule has 0 bridgehead atoms. The Morgan fingerprint density at radius 2 is 2.00 bits per heavy atom. The van der Waals surface area contributed by atoms with Crippen LogP contribution in [0.5, 0.6) is 5.75 Å². The first kappa shape index (κ1) is 27.9. The lowest BCUT2D eigenvalue weighted by molar-refractivity contribution is -0.144. The molecule has 41 heavy (non-hydrogen) atoms. The molecule has 1 amide bonds. The summed E-state index contributed by atoms with van der Waals surface area (Å²) in [5.41, 5.74) is 2.89. The van der Waals surface area contributed by atoms with Crippen molar-refractivity contribution in [2.45, 2.75) is 49.9 Å². The standard InChI is InChI=1S/C29H29N5O6S/c1-19(29(36)37)40-23-8-7-21-18-34(14-10-20(21)16-23)28(35)26(11-15-33-13-3-4-22(33)17-30)32-41(38,39)27-6-2-5-25-24(27)9-12-31-25/h2-9,12-13,16,19,26,31-32H,10-11,14-15,18H2,1H3,(H,36,37). The number of hydrogen-bond acceptors (Lipinski definition) is 6. The van der Waals surface area contributed by atoms with Gasteiger partial charge in [-0.1, -0.05) is 12.1 Å². The maximum Gasteiger partial charge on any atom is 0.344 e. The Morgan fingerprint density at radius 3 is 2.78 bits per heavy atom. The molecular formula is C29H29N5O6S. The molecule has 3 N–H and O–H groups in total. The predicted molar refractivity (Wildman–Crippen MR) is 149 cm³/mol. The van der Waals surface area contributed by atoms with Crippen molar-refractivity contribution >= 4 is 32.8 Å². The fourth-order valence-electron chi connectivity index (χ4n) is 5.02. The Balaban J connectivity index is 1.38. The summed E-state index contributed by atoms with van der Waals surface area (Å²) >= 11 is 0. The van der Waals surface area contributed by atoms with Crippen LogP contribution in [0.1, 0.15) is 30.2 Å². The van der Waals surface area contributed by atoms with Crippen LogP contribution in [0.4, 0.5) is 0 Å². The minimum atomic E-state index is -4.09. The third-order valence-electron chi connectivity index (χ3n) is 7.21. The number of carbonyl (C=O) groups is 2. The first-order valence-corrected chi connectivity index (χ1v) is 14.6. The highest BCUT2D eigenvalue weighted by atomic mass is 32.2. The number of aryl methyl sites for hydroxylation is 1. The average Bonchev–Trinajstić information content (AvgIpc) is 3.63. The van der Waals surface area contributed by atoms with Crippen molar-refractivity contribution in [1.82, 2.24) is 19.2 Å². The zero-order chi connectivity index (χ0) is 29.1. The van der Waals surface area contributed by atoms with Crippen LogP contribution in [0.25, 0.3) is 10.9 Å². The zero-order valence-corrected chi connectivity index (χ0v) is 23.1. The van der Waals surface area contributed by atoms with E-state index in [1.165, 1.54) is 13.0 Å². The summed E-state index contributed by atoms with van der Waals surface area (Å²) in [6, 6.07) is 16.2. The fraction of sp³-hybridized carbons (Fsp3) is 0.276. The second kappa shape index (κ2) is 11.5. The molecule has 0 saturated carbocycles. The summed E-state index contributed by atoms with van der Waals surface area (Å²) in [4.78, 5) is 29.7. The van der Waals surface area contributed by atoms with Crippen LogP contribution in [0.3, 0.4) is 0 Å². The quantitative estimate of drug-likeness (QED) is 0.262. The lowest BCUT2D eigenvalue weighted by atomic mass is 9.98. The number of carboxylic acids is 1. The number of aromatic nitrogens is 2. The first-order valence-electron chi connectivity index (χ1n) is 13.1. The molecule has 1 aliphatic rings. The molecular weight excluding hydrogens is 546 g/mol. The van der Waals surface area contributed by atoms with E-state index in [1.807, 2.05) is 0 Å². The average molecular weight is 576 g/mol. The van der Waals surface area contributed by atoms with Crippen LogP contribution >= 0.6 is 0 Å². The summed E-state index contributed by atoms with van der Waals surface area (Å²) in [6.45, 7) is 2.33. The maximum atomic E-state index is 13.9. The Labute approximate surface area is 237 Å². The van der Waals surface area contributed by atoms with Crippen LogP contribution in [0.15, 0.2) is 71.9 Å². The number of amides is 1. The van der Waals surface area contributed by atoms with E-state index in [4.69, 9.17) is 9.84 Å². The number of nitriles is 1. The molecule has 1 aliphatic heterocycles. The van der Waals surface area contributed by atoms with Crippen molar-refractivity contribution in [3.63, 3.8) is 0 Å². The van der Waals surface area contributed by atoms with Gasteiger partial charge in [-0.25, -0.2) is 13.2 Å². The molecule has 2 atom stereocenters. The summed E-state index contributed by atoms with van der Waals surface area (Å²) < 4.78 is 37.0. The number of benzene rings is 2. The number of hydrogen-bond donors (Lipinski definition) is 3. The monoisotopic (exact) mass is 575 g/mol. The Morgan fingerprint density at radius 1 is 1.17 bits per heavy atom. The van der Waals surface area contributed by atoms with Gasteiger partial charge >= 0.3 is 5.97 Å². The SMILES string of the molecule is CC(Oc1ccc2c(c1)CCN(C(=O)C(CCn1cccc1C#N)NS(=O)(=O)c1cccc3[nH]ccc13)C2)C(=O)O. The van der Waals surface area contributed by atoms with E-state index in [0.717, 1.165) is 11.1 Å². The van der Waals surface area contributed by atoms with Gasteiger partial charge in [0, 0.05) is 42.9 Å². The molecule has 212 valence electrons. The van der Waals surface area contributed by atoms with Crippen LogP contribution < -0.4 is 9.46 Å². The second-order valence-corrected chi connectivity index (χ2v) is 11.6. The largest absolute Gasteiger partial charge is 0.479 e. The van der Waals surface area contributed by atoms with Crippen molar-refractivity contribution in [2.75, 3.05) is 6.54 Å². The van der Waals surface area contributed by atoms with E-state index in [2.05, 4.69) is 15.8 Å². The summed E-state index contributed by atoms with van der Waals surface area (Å²) in [7, 11) is -4.09. The van der Waals surface area contributed by atoms with Gasteiger partial charge in [0.1, 0.15) is 23.6 Å².